The van der Waals surface area contributed by atoms with E-state index in [0.717, 1.165) is 0 Å². The van der Waals surface area contributed by atoms with E-state index in [9.17, 15) is 24.0 Å². The average Bonchev–Trinajstić information content (AvgIpc) is 3.08. The van der Waals surface area contributed by atoms with Crippen molar-refractivity contribution in [1.82, 2.24) is 21.3 Å². The maximum atomic E-state index is 14.4. The molecular formula is C47H74N8O10. The van der Waals surface area contributed by atoms with E-state index in [-0.39, 0.29) is 26.2 Å². The van der Waals surface area contributed by atoms with Crippen molar-refractivity contribution in [2.75, 3.05) is 46.6 Å². The molecule has 18 nitrogen and oxygen atoms in total. The van der Waals surface area contributed by atoms with Crippen molar-refractivity contribution in [3.63, 3.8) is 0 Å². The molecule has 2 aromatic carbocycles. The monoisotopic (exact) mass is 911 g/mol. The third-order valence-electron chi connectivity index (χ3n) is 9.39. The van der Waals surface area contributed by atoms with E-state index in [0.29, 0.717) is 41.3 Å². The van der Waals surface area contributed by atoms with Crippen molar-refractivity contribution in [2.24, 2.45) is 0 Å². The summed E-state index contributed by atoms with van der Waals surface area (Å²) in [6, 6.07) is 10.4. The second-order valence-electron chi connectivity index (χ2n) is 21.8. The highest BCUT2D eigenvalue weighted by molar-refractivity contribution is 5.98. The minimum absolute atomic E-state index is 0.286. The van der Waals surface area contributed by atoms with Crippen LogP contribution in [0.3, 0.4) is 0 Å². The van der Waals surface area contributed by atoms with Gasteiger partial charge in [-0.15, -0.1) is 0 Å². The highest BCUT2D eigenvalue weighted by Crippen LogP contribution is 2.37. The van der Waals surface area contributed by atoms with Gasteiger partial charge < -0.3 is 60.5 Å². The smallest absolute Gasteiger partial charge is 0.419 e. The predicted molar refractivity (Wildman–Crippen MR) is 252 cm³/mol. The molecule has 18 heteroatoms. The van der Waals surface area contributed by atoms with E-state index in [1.807, 2.05) is 28.0 Å². The Morgan fingerprint density at radius 3 is 1.05 bits per heavy atom. The first-order valence-electron chi connectivity index (χ1n) is 22.2. The first-order valence-corrected chi connectivity index (χ1v) is 22.2. The maximum Gasteiger partial charge on any atom is 0.419 e. The number of nitrogens with one attached hydrogen (secondary N) is 4. The zero-order chi connectivity index (χ0) is 48.9. The van der Waals surface area contributed by atoms with E-state index in [1.54, 1.807) is 128 Å². The summed E-state index contributed by atoms with van der Waals surface area (Å²) >= 11 is 0. The van der Waals surface area contributed by atoms with Crippen LogP contribution in [0, 0.1) is 0 Å². The van der Waals surface area contributed by atoms with Gasteiger partial charge in [-0.25, -0.2) is 28.9 Å². The van der Waals surface area contributed by atoms with Crippen LogP contribution >= 0.6 is 0 Å². The first-order chi connectivity index (χ1) is 29.7. The van der Waals surface area contributed by atoms with Crippen LogP contribution in [-0.4, -0.2) is 109 Å². The Morgan fingerprint density at radius 1 is 0.477 bits per heavy atom. The Balaban J connectivity index is 1.90. The van der Waals surface area contributed by atoms with Crippen molar-refractivity contribution in [3.8, 4) is 0 Å². The predicted octanol–water partition coefficient (Wildman–Crippen LogP) is 8.34. The summed E-state index contributed by atoms with van der Waals surface area (Å²) in [5.41, 5.74) is 4.81. The summed E-state index contributed by atoms with van der Waals surface area (Å²) in [6.07, 6.45) is -2.41. The van der Waals surface area contributed by atoms with Gasteiger partial charge in [-0.2, -0.15) is 0 Å². The lowest BCUT2D eigenvalue weighted by Crippen LogP contribution is -2.58. The summed E-state index contributed by atoms with van der Waals surface area (Å²) < 4.78 is 28.5. The normalized spacial score (nSPS) is 19.6. The number of rotatable bonds is 8. The molecule has 2 aliphatic heterocycles. The molecule has 0 radical (unpaired) electrons. The van der Waals surface area contributed by atoms with Crippen LogP contribution in [0.2, 0.25) is 0 Å². The van der Waals surface area contributed by atoms with E-state index >= 15 is 0 Å². The molecule has 65 heavy (non-hydrogen) atoms. The van der Waals surface area contributed by atoms with E-state index in [1.165, 1.54) is 4.90 Å². The van der Waals surface area contributed by atoms with Crippen molar-refractivity contribution in [1.29, 1.82) is 0 Å². The van der Waals surface area contributed by atoms with Crippen LogP contribution in [0.15, 0.2) is 42.5 Å². The summed E-state index contributed by atoms with van der Waals surface area (Å²) in [5, 5.41) is 12.0. The van der Waals surface area contributed by atoms with Crippen molar-refractivity contribution >= 4 is 58.9 Å². The lowest BCUT2D eigenvalue weighted by atomic mass is 9.98. The van der Waals surface area contributed by atoms with Crippen LogP contribution in [-0.2, 0) is 23.7 Å². The second kappa shape index (κ2) is 20.1. The number of piperidine rings is 2. The number of amides is 5. The number of carbonyl (C=O) groups is 5. The summed E-state index contributed by atoms with van der Waals surface area (Å²) in [7, 11) is 0. The summed E-state index contributed by atoms with van der Waals surface area (Å²) in [4.78, 5) is 72.7. The molecule has 4 atom stereocenters. The molecule has 4 unspecified atom stereocenters. The first kappa shape index (κ1) is 51.8. The molecule has 0 bridgehead atoms. The number of nitrogen functional groups attached to an aromatic ring is 1. The van der Waals surface area contributed by atoms with Gasteiger partial charge in [-0.1, -0.05) is 0 Å². The Kier molecular flexibility index (Phi) is 16.1. The molecule has 4 rings (SSSR count). The van der Waals surface area contributed by atoms with E-state index in [2.05, 4.69) is 21.3 Å². The van der Waals surface area contributed by atoms with Gasteiger partial charge in [0, 0.05) is 43.2 Å². The van der Waals surface area contributed by atoms with Crippen molar-refractivity contribution < 1.29 is 47.7 Å². The lowest BCUT2D eigenvalue weighted by Gasteiger charge is -2.42. The van der Waals surface area contributed by atoms with Crippen LogP contribution in [0.25, 0.3) is 0 Å². The Bertz CT molecular complexity index is 1820. The Hall–Kier alpha value is -5.81. The molecule has 0 saturated carbocycles. The van der Waals surface area contributed by atoms with E-state index in [4.69, 9.17) is 29.4 Å². The SMILES string of the molecule is CC(C)(C)OC(=O)NC1CC(NC(=O)OC(C)(C)C)CN(c2cc(N3CC(NC(=O)OC(C)(C)C)CC(NC(=O)OC(C)(C)C)C3)cc(N(C(=O)OC(C)(C)C)c3ccc(N)cc3)c2)C1. The summed E-state index contributed by atoms with van der Waals surface area (Å²) in [5.74, 6) is 0. The zero-order valence-electron chi connectivity index (χ0n) is 41.1. The fourth-order valence-electron chi connectivity index (χ4n) is 7.30. The number of carbonyl (C=O) groups excluding carboxylic acids is 5. The van der Waals surface area contributed by atoms with Crippen molar-refractivity contribution in [3.05, 3.63) is 42.5 Å². The van der Waals surface area contributed by atoms with Crippen LogP contribution in [0.1, 0.15) is 117 Å². The second-order valence-corrected chi connectivity index (χ2v) is 21.8. The number of hydrogen-bond acceptors (Lipinski definition) is 13. The molecule has 2 aromatic rings. The molecule has 0 aliphatic carbocycles. The number of nitrogens with zero attached hydrogens (tertiary/aromatic N) is 3. The number of hydrogen-bond donors (Lipinski definition) is 5. The largest absolute Gasteiger partial charge is 0.444 e. The van der Waals surface area contributed by atoms with E-state index < -0.39 is 82.6 Å². The molecule has 2 saturated heterocycles. The lowest BCUT2D eigenvalue weighted by molar-refractivity contribution is 0.0452. The zero-order valence-corrected chi connectivity index (χ0v) is 41.1. The Labute approximate surface area is 384 Å². The van der Waals surface area contributed by atoms with Crippen LogP contribution in [0.5, 0.6) is 0 Å². The quantitative estimate of drug-likeness (QED) is 0.125. The molecule has 2 heterocycles. The molecule has 362 valence electrons. The van der Waals surface area contributed by atoms with Crippen LogP contribution < -0.4 is 41.7 Å². The maximum absolute atomic E-state index is 14.4. The van der Waals surface area contributed by atoms with Gasteiger partial charge >= 0.3 is 30.5 Å². The Morgan fingerprint density at radius 2 is 0.769 bits per heavy atom. The minimum atomic E-state index is -0.870. The fourth-order valence-corrected chi connectivity index (χ4v) is 7.30. The van der Waals surface area contributed by atoms with Gasteiger partial charge in [-0.3, -0.25) is 0 Å². The molecule has 2 aliphatic rings. The molecule has 0 aromatic heterocycles. The fraction of sp³-hybridized carbons (Fsp3) is 0.638. The number of anilines is 5. The summed E-state index contributed by atoms with van der Waals surface area (Å²) in [6.45, 7) is 27.8. The molecule has 2 fully saturated rings. The third-order valence-corrected chi connectivity index (χ3v) is 9.39. The third kappa shape index (κ3) is 17.9. The molecule has 0 spiro atoms. The van der Waals surface area contributed by atoms with Gasteiger partial charge in [0.05, 0.1) is 35.5 Å². The number of benzene rings is 2. The number of ether oxygens (including phenoxy) is 5. The van der Waals surface area contributed by atoms with Gasteiger partial charge in [0.2, 0.25) is 0 Å². The highest BCUT2D eigenvalue weighted by Gasteiger charge is 2.36. The molecule has 6 N–H and O–H groups in total. The number of alkyl carbamates (subject to hydrolysis) is 4. The minimum Gasteiger partial charge on any atom is -0.444 e. The van der Waals surface area contributed by atoms with Gasteiger partial charge in [0.25, 0.3) is 0 Å². The van der Waals surface area contributed by atoms with Gasteiger partial charge in [-0.05, 0) is 159 Å². The molecule has 5 amide bonds. The van der Waals surface area contributed by atoms with Gasteiger partial charge in [0.1, 0.15) is 28.0 Å². The number of nitrogens with two attached hydrogens (primary N) is 1. The molecular weight excluding hydrogens is 837 g/mol. The van der Waals surface area contributed by atoms with Crippen molar-refractivity contribution in [2.45, 2.75) is 169 Å². The standard InChI is InChI=1S/C47H74N8O10/c1-43(2,3)61-38(56)49-30-20-31(50-39(57)62-44(4,5)6)26-53(25-30)35-22-36(24-37(23-35)55(42(60)65-47(13,14)15)34-18-16-29(48)17-19-34)54-27-32(51-40(58)63-45(7,8)9)21-33(28-54)52-41(59)64-46(10,11)12/h16-19,22-24,30-33H,20-21,25-28,48H2,1-15H3,(H,49,56)(H,50,57)(H,51,58)(H,52,59). The average molecular weight is 911 g/mol. The topological polar surface area (TPSA) is 215 Å². The van der Waals surface area contributed by atoms with Gasteiger partial charge in [0.15, 0.2) is 0 Å². The van der Waals surface area contributed by atoms with Crippen LogP contribution in [0.4, 0.5) is 52.4 Å². The highest BCUT2D eigenvalue weighted by atomic mass is 16.6.